The number of aromatic amines is 2. The van der Waals surface area contributed by atoms with E-state index >= 15 is 0 Å². The topological polar surface area (TPSA) is 117 Å². The fourth-order valence-electron chi connectivity index (χ4n) is 4.69. The largest absolute Gasteiger partial charge is 0.403 e. The number of H-pyrrole nitrogens is 2. The van der Waals surface area contributed by atoms with E-state index in [1.165, 1.54) is 6.20 Å². The van der Waals surface area contributed by atoms with Crippen molar-refractivity contribution in [3.8, 4) is 17.1 Å². The van der Waals surface area contributed by atoms with Gasteiger partial charge in [-0.1, -0.05) is 36.4 Å². The number of imidazole rings is 1. The van der Waals surface area contributed by atoms with Crippen LogP contribution in [-0.2, 0) is 0 Å². The Labute approximate surface area is 204 Å². The summed E-state index contributed by atoms with van der Waals surface area (Å²) >= 11 is 6.18. The molecule has 9 heteroatoms. The van der Waals surface area contributed by atoms with Gasteiger partial charge in [-0.15, -0.1) is 0 Å². The first-order valence-electron chi connectivity index (χ1n) is 10.9. The van der Waals surface area contributed by atoms with Gasteiger partial charge in [0.1, 0.15) is 16.6 Å². The molecule has 1 aromatic carbocycles. The molecule has 0 radical (unpaired) electrons. The molecular formula is C26H20ClN7O. The second kappa shape index (κ2) is 8.03. The lowest BCUT2D eigenvalue weighted by Crippen LogP contribution is -2.28. The van der Waals surface area contributed by atoms with Crippen LogP contribution in [0.15, 0.2) is 67.5 Å². The maximum absolute atomic E-state index is 13.4. The average Bonchev–Trinajstić information content (AvgIpc) is 3.63. The second-order valence-electron chi connectivity index (χ2n) is 8.14. The number of halogens is 1. The van der Waals surface area contributed by atoms with Crippen LogP contribution in [0.1, 0.15) is 27.7 Å². The van der Waals surface area contributed by atoms with Crippen molar-refractivity contribution >= 4 is 40.8 Å². The second-order valence-corrected chi connectivity index (χ2v) is 8.53. The third kappa shape index (κ3) is 3.26. The van der Waals surface area contributed by atoms with Gasteiger partial charge in [0.25, 0.3) is 5.91 Å². The van der Waals surface area contributed by atoms with Crippen LogP contribution in [0.2, 0.25) is 5.15 Å². The minimum Gasteiger partial charge on any atom is -0.403 e. The van der Waals surface area contributed by atoms with Gasteiger partial charge < -0.3 is 25.6 Å². The number of allylic oxidation sites excluding steroid dienone is 1. The van der Waals surface area contributed by atoms with Gasteiger partial charge in [-0.3, -0.25) is 4.79 Å². The Balaban J connectivity index is 1.47. The zero-order valence-electron chi connectivity index (χ0n) is 18.4. The summed E-state index contributed by atoms with van der Waals surface area (Å²) < 4.78 is 2.08. The highest BCUT2D eigenvalue weighted by molar-refractivity contribution is 6.30. The number of carbonyl (C=O) groups excluding carboxylic acids is 1. The van der Waals surface area contributed by atoms with Crippen molar-refractivity contribution in [2.45, 2.75) is 6.04 Å². The van der Waals surface area contributed by atoms with Gasteiger partial charge in [0.15, 0.2) is 0 Å². The number of para-hydroxylation sites is 1. The van der Waals surface area contributed by atoms with Gasteiger partial charge in [-0.25, -0.2) is 9.97 Å². The summed E-state index contributed by atoms with van der Waals surface area (Å²) in [7, 11) is 0. The van der Waals surface area contributed by atoms with Gasteiger partial charge in [-0.05, 0) is 36.4 Å². The molecule has 6 rings (SSSR count). The minimum atomic E-state index is -0.358. The summed E-state index contributed by atoms with van der Waals surface area (Å²) in [6, 6.07) is 13.0. The third-order valence-electron chi connectivity index (χ3n) is 6.17. The van der Waals surface area contributed by atoms with Crippen LogP contribution in [0.3, 0.4) is 0 Å². The SMILES string of the molecule is C=C/C=c1/nc(-c2cccc3c2-n2cccc2C3NC(=O)c2cc(Cl)nc3[nH]ccc23)[nH]/c1=C/N. The first kappa shape index (κ1) is 21.0. The van der Waals surface area contributed by atoms with Crippen LogP contribution in [0.5, 0.6) is 0 Å². The maximum Gasteiger partial charge on any atom is 0.252 e. The number of fused-ring (bicyclic) bond motifs is 4. The van der Waals surface area contributed by atoms with Gasteiger partial charge in [0.2, 0.25) is 0 Å². The van der Waals surface area contributed by atoms with E-state index < -0.39 is 0 Å². The predicted molar refractivity (Wildman–Crippen MR) is 136 cm³/mol. The van der Waals surface area contributed by atoms with Crippen LogP contribution >= 0.6 is 11.6 Å². The molecular weight excluding hydrogens is 462 g/mol. The number of aromatic nitrogens is 5. The number of amides is 1. The van der Waals surface area contributed by atoms with E-state index in [1.54, 1.807) is 24.4 Å². The van der Waals surface area contributed by atoms with Gasteiger partial charge in [0.05, 0.1) is 28.0 Å². The van der Waals surface area contributed by atoms with Gasteiger partial charge in [-0.2, -0.15) is 0 Å². The molecule has 0 saturated heterocycles. The normalized spacial score (nSPS) is 15.4. The Bertz CT molecular complexity index is 1760. The lowest BCUT2D eigenvalue weighted by molar-refractivity contribution is 0.0945. The van der Waals surface area contributed by atoms with Gasteiger partial charge >= 0.3 is 0 Å². The van der Waals surface area contributed by atoms with Gasteiger partial charge in [0, 0.05) is 40.8 Å². The highest BCUT2D eigenvalue weighted by Gasteiger charge is 2.32. The van der Waals surface area contributed by atoms with Crippen molar-refractivity contribution in [3.63, 3.8) is 0 Å². The Morgan fingerprint density at radius 1 is 1.23 bits per heavy atom. The number of benzene rings is 1. The first-order valence-corrected chi connectivity index (χ1v) is 11.3. The standard InChI is InChI=1S/C26H20ClN7O/c1-2-5-18-19(13-28)31-25(30-18)16-7-3-6-15-22(20-8-4-11-34(20)23(15)16)33-26(35)17-12-21(27)32-24-14(17)9-10-29-24/h2-13,22H,1,28H2,(H,29,32)(H,30,31)(H,33,35)/b18-5+,19-13+. The zero-order valence-corrected chi connectivity index (χ0v) is 19.2. The van der Waals surface area contributed by atoms with Crippen molar-refractivity contribution in [1.29, 1.82) is 0 Å². The van der Waals surface area contributed by atoms with Crippen molar-refractivity contribution < 1.29 is 4.79 Å². The van der Waals surface area contributed by atoms with E-state index in [1.807, 2.05) is 42.6 Å². The Morgan fingerprint density at radius 3 is 2.94 bits per heavy atom. The number of carbonyl (C=O) groups is 1. The van der Waals surface area contributed by atoms with Crippen LogP contribution in [0.25, 0.3) is 40.4 Å². The Hall–Kier alpha value is -4.56. The molecule has 1 amide bonds. The molecule has 5 aromatic rings. The number of hydrogen-bond acceptors (Lipinski definition) is 4. The van der Waals surface area contributed by atoms with Crippen molar-refractivity contribution in [2.24, 2.45) is 5.73 Å². The lowest BCUT2D eigenvalue weighted by Gasteiger charge is -2.15. The van der Waals surface area contributed by atoms with Crippen molar-refractivity contribution in [3.05, 3.63) is 100 Å². The van der Waals surface area contributed by atoms with Crippen LogP contribution in [0.4, 0.5) is 0 Å². The molecule has 1 atom stereocenters. The van der Waals surface area contributed by atoms with E-state index in [0.29, 0.717) is 33.1 Å². The molecule has 0 fully saturated rings. The van der Waals surface area contributed by atoms with E-state index in [-0.39, 0.29) is 17.1 Å². The summed E-state index contributed by atoms with van der Waals surface area (Å²) in [6.45, 7) is 3.75. The first-order chi connectivity index (χ1) is 17.1. The average molecular weight is 482 g/mol. The molecule has 0 spiro atoms. The number of hydrogen-bond donors (Lipinski definition) is 4. The molecule has 5 N–H and O–H groups in total. The molecule has 5 heterocycles. The molecule has 8 nitrogen and oxygen atoms in total. The zero-order chi connectivity index (χ0) is 24.1. The van der Waals surface area contributed by atoms with Crippen LogP contribution in [-0.4, -0.2) is 30.4 Å². The Kier molecular flexibility index (Phi) is 4.82. The lowest BCUT2D eigenvalue weighted by atomic mass is 10.0. The smallest absolute Gasteiger partial charge is 0.252 e. The molecule has 1 aliphatic heterocycles. The summed E-state index contributed by atoms with van der Waals surface area (Å²) in [5.41, 5.74) is 10.6. The quantitative estimate of drug-likeness (QED) is 0.295. The van der Waals surface area contributed by atoms with Crippen LogP contribution in [0, 0.1) is 0 Å². The fraction of sp³-hybridized carbons (Fsp3) is 0.0385. The van der Waals surface area contributed by atoms with E-state index in [9.17, 15) is 4.79 Å². The molecule has 1 aliphatic rings. The number of nitrogens with one attached hydrogen (secondary N) is 3. The molecule has 4 aromatic heterocycles. The number of nitrogens with two attached hydrogens (primary N) is 1. The molecule has 172 valence electrons. The maximum atomic E-state index is 13.4. The molecule has 35 heavy (non-hydrogen) atoms. The fourth-order valence-corrected chi connectivity index (χ4v) is 4.89. The molecule has 0 bridgehead atoms. The van der Waals surface area contributed by atoms with E-state index in [4.69, 9.17) is 22.3 Å². The third-order valence-corrected chi connectivity index (χ3v) is 6.37. The summed E-state index contributed by atoms with van der Waals surface area (Å²) in [5.74, 6) is 0.434. The summed E-state index contributed by atoms with van der Waals surface area (Å²) in [5, 5.41) is 5.56. The number of rotatable bonds is 4. The monoisotopic (exact) mass is 481 g/mol. The summed E-state index contributed by atoms with van der Waals surface area (Å²) in [4.78, 5) is 28.7. The number of nitrogens with zero attached hydrogens (tertiary/aromatic N) is 3. The van der Waals surface area contributed by atoms with Crippen molar-refractivity contribution in [1.82, 2.24) is 29.8 Å². The minimum absolute atomic E-state index is 0.240. The van der Waals surface area contributed by atoms with Crippen LogP contribution < -0.4 is 21.7 Å². The van der Waals surface area contributed by atoms with E-state index in [0.717, 1.165) is 22.5 Å². The van der Waals surface area contributed by atoms with E-state index in [2.05, 4.69) is 31.4 Å². The van der Waals surface area contributed by atoms with Crippen molar-refractivity contribution in [2.75, 3.05) is 0 Å². The highest BCUT2D eigenvalue weighted by atomic mass is 35.5. The highest BCUT2D eigenvalue weighted by Crippen LogP contribution is 2.41. The Morgan fingerprint density at radius 2 is 2.11 bits per heavy atom. The predicted octanol–water partition coefficient (Wildman–Crippen LogP) is 2.89. The molecule has 0 aliphatic carbocycles. The summed E-state index contributed by atoms with van der Waals surface area (Å²) in [6.07, 6.45) is 8.67. The molecule has 0 saturated carbocycles. The number of pyridine rings is 1. The molecule has 1 unspecified atom stereocenters.